The Bertz CT molecular complexity index is 770. The van der Waals surface area contributed by atoms with E-state index in [2.05, 4.69) is 20.9 Å². The van der Waals surface area contributed by atoms with Gasteiger partial charge in [-0.25, -0.2) is 4.98 Å². The van der Waals surface area contributed by atoms with Crippen LogP contribution in [-0.4, -0.2) is 14.3 Å². The normalized spacial score (nSPS) is 10.9. The van der Waals surface area contributed by atoms with Crippen LogP contribution in [-0.2, 0) is 11.9 Å². The summed E-state index contributed by atoms with van der Waals surface area (Å²) in [7, 11) is 0. The van der Waals surface area contributed by atoms with Gasteiger partial charge in [0.25, 0.3) is 0 Å². The zero-order valence-corrected chi connectivity index (χ0v) is 13.1. The van der Waals surface area contributed by atoms with Crippen LogP contribution < -0.4 is 4.74 Å². The molecular weight excluding hydrogens is 358 g/mol. The van der Waals surface area contributed by atoms with Crippen LogP contribution in [0.5, 0.6) is 5.75 Å². The first-order valence-corrected chi connectivity index (χ1v) is 8.04. The van der Waals surface area contributed by atoms with Gasteiger partial charge in [-0.3, -0.25) is 14.5 Å². The molecule has 0 unspecified atom stereocenters. The van der Waals surface area contributed by atoms with E-state index in [1.165, 1.54) is 17.4 Å². The molecule has 0 aliphatic heterocycles. The van der Waals surface area contributed by atoms with E-state index in [0.29, 0.717) is 5.33 Å². The third-order valence-corrected chi connectivity index (χ3v) is 4.31. The van der Waals surface area contributed by atoms with E-state index in [-0.39, 0.29) is 18.0 Å². The van der Waals surface area contributed by atoms with Crippen molar-refractivity contribution in [3.8, 4) is 5.75 Å². The van der Waals surface area contributed by atoms with E-state index in [9.17, 15) is 10.1 Å². The number of aromatic nitrogens is 2. The fraction of sp³-hybridized carbons (Fsp3) is 0.154. The second-order valence-electron chi connectivity index (χ2n) is 4.31. The van der Waals surface area contributed by atoms with E-state index in [1.54, 1.807) is 12.1 Å². The number of nitro benzene ring substituents is 1. The molecule has 8 heteroatoms. The highest BCUT2D eigenvalue weighted by atomic mass is 79.9. The molecule has 0 radical (unpaired) electrons. The molecule has 3 rings (SSSR count). The number of hydrogen-bond acceptors (Lipinski definition) is 5. The van der Waals surface area contributed by atoms with Gasteiger partial charge in [0.1, 0.15) is 6.61 Å². The van der Waals surface area contributed by atoms with E-state index in [0.717, 1.165) is 16.2 Å². The van der Waals surface area contributed by atoms with Gasteiger partial charge in [-0.15, -0.1) is 11.3 Å². The van der Waals surface area contributed by atoms with Crippen molar-refractivity contribution in [2.24, 2.45) is 0 Å². The predicted octanol–water partition coefficient (Wildman–Crippen LogP) is 3.78. The Balaban J connectivity index is 1.80. The number of rotatable bonds is 5. The van der Waals surface area contributed by atoms with Gasteiger partial charge in [-0.2, -0.15) is 0 Å². The van der Waals surface area contributed by atoms with Crippen molar-refractivity contribution in [1.82, 2.24) is 9.38 Å². The summed E-state index contributed by atoms with van der Waals surface area (Å²) < 4.78 is 7.45. The lowest BCUT2D eigenvalue weighted by Crippen LogP contribution is -2.00. The molecule has 0 spiro atoms. The van der Waals surface area contributed by atoms with Crippen LogP contribution in [0.15, 0.2) is 36.0 Å². The van der Waals surface area contributed by atoms with E-state index in [4.69, 9.17) is 4.74 Å². The fourth-order valence-corrected chi connectivity index (χ4v) is 2.98. The van der Waals surface area contributed by atoms with Crippen LogP contribution in [0, 0.1) is 10.1 Å². The molecule has 0 aliphatic carbocycles. The summed E-state index contributed by atoms with van der Waals surface area (Å²) in [6.45, 7) is 0.197. The molecule has 0 bridgehead atoms. The van der Waals surface area contributed by atoms with E-state index >= 15 is 0 Å². The SMILES string of the molecule is O=[N+]([O-])c1cc(CBr)ccc1OCc1cn2ccsc2n1. The Kier molecular flexibility index (Phi) is 3.89. The molecule has 0 aliphatic rings. The predicted molar refractivity (Wildman–Crippen MR) is 83.1 cm³/mol. The Hall–Kier alpha value is -1.93. The van der Waals surface area contributed by atoms with Gasteiger partial charge >= 0.3 is 5.69 Å². The summed E-state index contributed by atoms with van der Waals surface area (Å²) in [5.74, 6) is 0.251. The number of halogens is 1. The van der Waals surface area contributed by atoms with Crippen molar-refractivity contribution >= 4 is 37.9 Å². The zero-order chi connectivity index (χ0) is 14.8. The number of nitro groups is 1. The number of fused-ring (bicyclic) bond motifs is 1. The number of ether oxygens (including phenoxy) is 1. The van der Waals surface area contributed by atoms with Crippen molar-refractivity contribution in [2.45, 2.75) is 11.9 Å². The summed E-state index contributed by atoms with van der Waals surface area (Å²) in [6, 6.07) is 4.92. The molecule has 0 fully saturated rings. The highest BCUT2D eigenvalue weighted by molar-refractivity contribution is 9.08. The lowest BCUT2D eigenvalue weighted by atomic mass is 10.2. The second kappa shape index (κ2) is 5.82. The molecule has 0 saturated heterocycles. The molecule has 0 amide bonds. The van der Waals surface area contributed by atoms with E-state index in [1.807, 2.05) is 22.2 Å². The van der Waals surface area contributed by atoms with Crippen LogP contribution >= 0.6 is 27.3 Å². The summed E-state index contributed by atoms with van der Waals surface area (Å²) in [5.41, 5.74) is 1.53. The van der Waals surface area contributed by atoms with Gasteiger partial charge < -0.3 is 4.74 Å². The Morgan fingerprint density at radius 1 is 1.48 bits per heavy atom. The van der Waals surface area contributed by atoms with Crippen LogP contribution in [0.4, 0.5) is 5.69 Å². The van der Waals surface area contributed by atoms with Gasteiger partial charge in [0, 0.05) is 29.2 Å². The largest absolute Gasteiger partial charge is 0.480 e. The minimum absolute atomic E-state index is 0.0343. The molecule has 0 atom stereocenters. The van der Waals surface area contributed by atoms with Crippen LogP contribution in [0.3, 0.4) is 0 Å². The molecule has 2 heterocycles. The van der Waals surface area contributed by atoms with Crippen LogP contribution in [0.2, 0.25) is 0 Å². The number of thiazole rings is 1. The lowest BCUT2D eigenvalue weighted by Gasteiger charge is -2.06. The minimum atomic E-state index is -0.437. The number of nitrogens with zero attached hydrogens (tertiary/aromatic N) is 3. The maximum absolute atomic E-state index is 11.1. The Morgan fingerprint density at radius 2 is 2.33 bits per heavy atom. The maximum atomic E-state index is 11.1. The highest BCUT2D eigenvalue weighted by Gasteiger charge is 2.16. The minimum Gasteiger partial charge on any atom is -0.480 e. The molecule has 2 aromatic heterocycles. The third-order valence-electron chi connectivity index (χ3n) is 2.89. The highest BCUT2D eigenvalue weighted by Crippen LogP contribution is 2.29. The average molecular weight is 368 g/mol. The molecule has 3 aromatic rings. The van der Waals surface area contributed by atoms with Crippen molar-refractivity contribution < 1.29 is 9.66 Å². The Morgan fingerprint density at radius 3 is 3.05 bits per heavy atom. The van der Waals surface area contributed by atoms with Crippen LogP contribution in [0.1, 0.15) is 11.3 Å². The molecule has 6 nitrogen and oxygen atoms in total. The molecule has 0 saturated carbocycles. The molecule has 0 N–H and O–H groups in total. The van der Waals surface area contributed by atoms with Gasteiger partial charge in [-0.05, 0) is 11.6 Å². The fourth-order valence-electron chi connectivity index (χ4n) is 1.91. The average Bonchev–Trinajstić information content (AvgIpc) is 3.05. The zero-order valence-electron chi connectivity index (χ0n) is 10.7. The summed E-state index contributed by atoms with van der Waals surface area (Å²) in [4.78, 5) is 15.9. The van der Waals surface area contributed by atoms with Gasteiger partial charge in [-0.1, -0.05) is 22.0 Å². The van der Waals surface area contributed by atoms with Crippen molar-refractivity contribution in [1.29, 1.82) is 0 Å². The van der Waals surface area contributed by atoms with Crippen molar-refractivity contribution in [2.75, 3.05) is 0 Å². The molecular formula is C13H10BrN3O3S. The Labute approximate surface area is 132 Å². The summed E-state index contributed by atoms with van der Waals surface area (Å²) >= 11 is 4.81. The van der Waals surface area contributed by atoms with Crippen LogP contribution in [0.25, 0.3) is 4.96 Å². The monoisotopic (exact) mass is 367 g/mol. The van der Waals surface area contributed by atoms with Gasteiger partial charge in [0.2, 0.25) is 0 Å². The second-order valence-corrected chi connectivity index (χ2v) is 5.74. The summed E-state index contributed by atoms with van der Waals surface area (Å²) in [6.07, 6.45) is 3.76. The molecule has 21 heavy (non-hydrogen) atoms. The van der Waals surface area contributed by atoms with Gasteiger partial charge in [0.15, 0.2) is 10.7 Å². The number of alkyl halides is 1. The maximum Gasteiger partial charge on any atom is 0.311 e. The standard InChI is InChI=1S/C13H10BrN3O3S/c14-6-9-1-2-12(11(5-9)17(18)19)20-8-10-7-16-3-4-21-13(16)15-10/h1-5,7H,6,8H2. The topological polar surface area (TPSA) is 69.7 Å². The quantitative estimate of drug-likeness (QED) is 0.390. The third kappa shape index (κ3) is 2.91. The first-order valence-electron chi connectivity index (χ1n) is 6.04. The van der Waals surface area contributed by atoms with Gasteiger partial charge in [0.05, 0.1) is 10.6 Å². The molecule has 108 valence electrons. The number of imidazole rings is 1. The molecule has 1 aromatic carbocycles. The smallest absolute Gasteiger partial charge is 0.311 e. The first-order chi connectivity index (χ1) is 10.2. The number of hydrogen-bond donors (Lipinski definition) is 0. The first kappa shape index (κ1) is 14.0. The number of benzene rings is 1. The van der Waals surface area contributed by atoms with E-state index < -0.39 is 4.92 Å². The van der Waals surface area contributed by atoms with Crippen molar-refractivity contribution in [3.63, 3.8) is 0 Å². The summed E-state index contributed by atoms with van der Waals surface area (Å²) in [5, 5.41) is 13.6. The van der Waals surface area contributed by atoms with Crippen molar-refractivity contribution in [3.05, 3.63) is 57.3 Å². The lowest BCUT2D eigenvalue weighted by molar-refractivity contribution is -0.386.